The van der Waals surface area contributed by atoms with E-state index >= 15 is 0 Å². The molecule has 0 saturated carbocycles. The first-order valence-corrected chi connectivity index (χ1v) is 8.62. The monoisotopic (exact) mass is 403 g/mol. The van der Waals surface area contributed by atoms with Crippen LogP contribution in [0.5, 0.6) is 0 Å². The predicted molar refractivity (Wildman–Crippen MR) is 88.1 cm³/mol. The Hall–Kier alpha value is -1.61. The number of halogens is 2. The third kappa shape index (κ3) is 4.70. The molecule has 0 bridgehead atoms. The summed E-state index contributed by atoms with van der Waals surface area (Å²) in [6.45, 7) is 0. The van der Waals surface area contributed by atoms with Crippen molar-refractivity contribution >= 4 is 49.3 Å². The van der Waals surface area contributed by atoms with Crippen molar-refractivity contribution in [2.45, 2.75) is 4.90 Å². The summed E-state index contributed by atoms with van der Waals surface area (Å²) in [4.78, 5) is 13.7. The van der Waals surface area contributed by atoms with E-state index in [-0.39, 0.29) is 4.90 Å². The maximum absolute atomic E-state index is 12.0. The highest BCUT2D eigenvalue weighted by Gasteiger charge is 2.14. The number of sulfonamides is 1. The molecule has 0 aliphatic carbocycles. The van der Waals surface area contributed by atoms with Gasteiger partial charge in [0.1, 0.15) is 0 Å². The molecule has 2 aromatic carbocycles. The van der Waals surface area contributed by atoms with Crippen LogP contribution in [-0.4, -0.2) is 14.4 Å². The summed E-state index contributed by atoms with van der Waals surface area (Å²) in [6, 6.07) is 11.7. The van der Waals surface area contributed by atoms with Gasteiger partial charge in [-0.1, -0.05) is 33.6 Å². The fourth-order valence-electron chi connectivity index (χ4n) is 1.51. The van der Waals surface area contributed by atoms with Gasteiger partial charge in [-0.25, -0.2) is 13.2 Å². The first kappa shape index (κ1) is 16.8. The van der Waals surface area contributed by atoms with Gasteiger partial charge >= 0.3 is 6.03 Å². The first-order chi connectivity index (χ1) is 10.4. The second-order valence-corrected chi connectivity index (χ2v) is 7.18. The molecule has 116 valence electrons. The minimum absolute atomic E-state index is 0.0266. The third-order valence-electron chi connectivity index (χ3n) is 2.51. The van der Waals surface area contributed by atoms with Crippen molar-refractivity contribution in [1.29, 1.82) is 0 Å². The Morgan fingerprint density at radius 3 is 2.41 bits per heavy atom. The average Bonchev–Trinajstić information content (AvgIpc) is 2.46. The molecule has 0 heterocycles. The lowest BCUT2D eigenvalue weighted by molar-refractivity contribution is 0.250. The van der Waals surface area contributed by atoms with E-state index in [1.165, 1.54) is 18.2 Å². The van der Waals surface area contributed by atoms with Gasteiger partial charge in [-0.15, -0.1) is 4.83 Å². The molecular formula is C13H11BrClN3O3S. The van der Waals surface area contributed by atoms with E-state index in [1.807, 2.05) is 4.83 Å². The van der Waals surface area contributed by atoms with Gasteiger partial charge < -0.3 is 5.32 Å². The predicted octanol–water partition coefficient (Wildman–Crippen LogP) is 3.12. The van der Waals surface area contributed by atoms with Crippen LogP contribution in [0, 0.1) is 0 Å². The van der Waals surface area contributed by atoms with E-state index in [4.69, 9.17) is 11.6 Å². The number of carbonyl (C=O) groups is 1. The van der Waals surface area contributed by atoms with Gasteiger partial charge in [0.15, 0.2) is 0 Å². The summed E-state index contributed by atoms with van der Waals surface area (Å²) in [5.74, 6) is 0. The quantitative estimate of drug-likeness (QED) is 0.684. The molecule has 2 aromatic rings. The van der Waals surface area contributed by atoms with Crippen LogP contribution < -0.4 is 15.6 Å². The molecule has 2 amide bonds. The molecule has 3 N–H and O–H groups in total. The van der Waals surface area contributed by atoms with E-state index in [2.05, 4.69) is 26.7 Å². The van der Waals surface area contributed by atoms with Gasteiger partial charge in [0.2, 0.25) is 0 Å². The molecule has 0 spiro atoms. The topological polar surface area (TPSA) is 87.3 Å². The summed E-state index contributed by atoms with van der Waals surface area (Å²) in [7, 11) is -3.84. The number of benzene rings is 2. The largest absolute Gasteiger partial charge is 0.334 e. The number of amides is 2. The summed E-state index contributed by atoms with van der Waals surface area (Å²) < 4.78 is 24.7. The maximum Gasteiger partial charge on any atom is 0.334 e. The van der Waals surface area contributed by atoms with E-state index < -0.39 is 16.1 Å². The summed E-state index contributed by atoms with van der Waals surface area (Å²) >= 11 is 9.00. The van der Waals surface area contributed by atoms with Crippen LogP contribution in [0.15, 0.2) is 57.9 Å². The van der Waals surface area contributed by atoms with Gasteiger partial charge in [0.05, 0.1) is 4.90 Å². The van der Waals surface area contributed by atoms with Crippen molar-refractivity contribution in [3.05, 3.63) is 58.0 Å². The molecule has 6 nitrogen and oxygen atoms in total. The second kappa shape index (κ2) is 7.10. The van der Waals surface area contributed by atoms with Gasteiger partial charge in [0.25, 0.3) is 10.0 Å². The normalized spacial score (nSPS) is 11.0. The summed E-state index contributed by atoms with van der Waals surface area (Å²) in [5.41, 5.74) is 2.50. The number of hydrogen-bond acceptors (Lipinski definition) is 3. The third-order valence-corrected chi connectivity index (χ3v) is 4.53. The second-order valence-electron chi connectivity index (χ2n) is 4.15. The fraction of sp³-hybridized carbons (Fsp3) is 0. The number of rotatable bonds is 4. The number of carbonyl (C=O) groups excluding carboxylic acids is 1. The number of hydrazine groups is 1. The van der Waals surface area contributed by atoms with Crippen LogP contribution in [0.3, 0.4) is 0 Å². The number of anilines is 1. The van der Waals surface area contributed by atoms with Gasteiger partial charge in [-0.05, 0) is 42.5 Å². The van der Waals surface area contributed by atoms with Crippen molar-refractivity contribution in [3.8, 4) is 0 Å². The molecular weight excluding hydrogens is 394 g/mol. The highest BCUT2D eigenvalue weighted by atomic mass is 79.9. The van der Waals surface area contributed by atoms with Gasteiger partial charge in [-0.2, -0.15) is 0 Å². The Morgan fingerprint density at radius 2 is 1.77 bits per heavy atom. The lowest BCUT2D eigenvalue weighted by Gasteiger charge is -2.10. The Kier molecular flexibility index (Phi) is 5.41. The van der Waals surface area contributed by atoms with E-state index in [9.17, 15) is 13.2 Å². The fourth-order valence-corrected chi connectivity index (χ4v) is 2.81. The number of hydrogen-bond donors (Lipinski definition) is 3. The van der Waals surface area contributed by atoms with Crippen molar-refractivity contribution < 1.29 is 13.2 Å². The zero-order valence-electron chi connectivity index (χ0n) is 11.0. The van der Waals surface area contributed by atoms with E-state index in [0.29, 0.717) is 10.7 Å². The molecule has 0 aromatic heterocycles. The summed E-state index contributed by atoms with van der Waals surface area (Å²) in [5, 5.41) is 2.90. The van der Waals surface area contributed by atoms with E-state index in [1.54, 1.807) is 30.3 Å². The Labute approximate surface area is 141 Å². The molecule has 0 fully saturated rings. The minimum atomic E-state index is -3.84. The average molecular weight is 405 g/mol. The van der Waals surface area contributed by atoms with Crippen LogP contribution >= 0.6 is 27.5 Å². The number of nitrogens with one attached hydrogen (secondary N) is 3. The van der Waals surface area contributed by atoms with E-state index in [0.717, 1.165) is 4.47 Å². The van der Waals surface area contributed by atoms with Crippen LogP contribution in [0.25, 0.3) is 0 Å². The maximum atomic E-state index is 12.0. The molecule has 0 unspecified atom stereocenters. The highest BCUT2D eigenvalue weighted by molar-refractivity contribution is 9.10. The Balaban J connectivity index is 1.97. The first-order valence-electron chi connectivity index (χ1n) is 5.97. The smallest absolute Gasteiger partial charge is 0.307 e. The van der Waals surface area contributed by atoms with Crippen LogP contribution in [0.1, 0.15) is 0 Å². The standard InChI is InChI=1S/C13H11BrClN3O3S/c14-9-4-6-12(7-5-9)22(20,21)18-17-13(19)16-11-3-1-2-10(15)8-11/h1-8,18H,(H2,16,17,19). The lowest BCUT2D eigenvalue weighted by atomic mass is 10.3. The Bertz CT molecular complexity index is 781. The molecule has 0 aliphatic heterocycles. The summed E-state index contributed by atoms with van der Waals surface area (Å²) in [6.07, 6.45) is 0. The van der Waals surface area contributed by atoms with Crippen LogP contribution in [0.4, 0.5) is 10.5 Å². The Morgan fingerprint density at radius 1 is 1.09 bits per heavy atom. The molecule has 0 radical (unpaired) electrons. The molecule has 0 atom stereocenters. The SMILES string of the molecule is O=C(NNS(=O)(=O)c1ccc(Br)cc1)Nc1cccc(Cl)c1. The highest BCUT2D eigenvalue weighted by Crippen LogP contribution is 2.15. The van der Waals surface area contributed by atoms with Crippen LogP contribution in [0.2, 0.25) is 5.02 Å². The zero-order valence-corrected chi connectivity index (χ0v) is 14.2. The van der Waals surface area contributed by atoms with Crippen molar-refractivity contribution in [2.75, 3.05) is 5.32 Å². The molecule has 0 saturated heterocycles. The van der Waals surface area contributed by atoms with Crippen molar-refractivity contribution in [1.82, 2.24) is 10.3 Å². The lowest BCUT2D eigenvalue weighted by Crippen LogP contribution is -2.43. The minimum Gasteiger partial charge on any atom is -0.307 e. The molecule has 22 heavy (non-hydrogen) atoms. The molecule has 0 aliphatic rings. The van der Waals surface area contributed by atoms with Crippen molar-refractivity contribution in [3.63, 3.8) is 0 Å². The number of urea groups is 1. The molecule has 2 rings (SSSR count). The van der Waals surface area contributed by atoms with Gasteiger partial charge in [-0.3, -0.25) is 5.43 Å². The van der Waals surface area contributed by atoms with Gasteiger partial charge in [0, 0.05) is 15.2 Å². The zero-order chi connectivity index (χ0) is 16.2. The van der Waals surface area contributed by atoms with Crippen molar-refractivity contribution in [2.24, 2.45) is 0 Å². The molecule has 9 heteroatoms. The van der Waals surface area contributed by atoms with Crippen LogP contribution in [-0.2, 0) is 10.0 Å².